The number of nitrogens with zero attached hydrogens (tertiary/aromatic N) is 6. The lowest BCUT2D eigenvalue weighted by Crippen LogP contribution is -2.32. The first-order chi connectivity index (χ1) is 17.3. The molecule has 0 aliphatic rings. The van der Waals surface area contributed by atoms with Gasteiger partial charge in [-0.2, -0.15) is 10.2 Å². The molecular formula is C23H25N7O5S. The lowest BCUT2D eigenvalue weighted by molar-refractivity contribution is 0.170. The van der Waals surface area contributed by atoms with Crippen LogP contribution in [0.15, 0.2) is 54.9 Å². The molecule has 36 heavy (non-hydrogen) atoms. The van der Waals surface area contributed by atoms with Gasteiger partial charge in [0.2, 0.25) is 16.0 Å². The average Bonchev–Trinajstić information content (AvgIpc) is 3.30. The van der Waals surface area contributed by atoms with Crippen molar-refractivity contribution in [1.29, 1.82) is 0 Å². The minimum Gasteiger partial charge on any atom is -0.494 e. The topological polar surface area (TPSA) is 154 Å². The lowest BCUT2D eigenvalue weighted by Gasteiger charge is -2.21. The summed E-state index contributed by atoms with van der Waals surface area (Å²) in [6.07, 6.45) is 1.74. The van der Waals surface area contributed by atoms with E-state index in [4.69, 9.17) is 9.47 Å². The van der Waals surface area contributed by atoms with Crippen LogP contribution in [0.3, 0.4) is 0 Å². The van der Waals surface area contributed by atoms with Crippen LogP contribution in [0.25, 0.3) is 17.1 Å². The molecule has 3 heterocycles. The number of aromatic nitrogens is 6. The lowest BCUT2D eigenvalue weighted by atomic mass is 10.2. The number of hydrogen-bond donors (Lipinski definition) is 2. The summed E-state index contributed by atoms with van der Waals surface area (Å²) in [5.41, 5.74) is 1.72. The van der Waals surface area contributed by atoms with Crippen LogP contribution in [-0.2, 0) is 10.0 Å². The van der Waals surface area contributed by atoms with E-state index in [1.165, 1.54) is 31.8 Å². The van der Waals surface area contributed by atoms with Crippen LogP contribution in [0.1, 0.15) is 24.4 Å². The molecule has 2 atom stereocenters. The smallest absolute Gasteiger partial charge is 0.243 e. The summed E-state index contributed by atoms with van der Waals surface area (Å²) in [6, 6.07) is 11.8. The Kier molecular flexibility index (Phi) is 7.12. The molecule has 0 radical (unpaired) electrons. The highest BCUT2D eigenvalue weighted by Crippen LogP contribution is 2.37. The Bertz CT molecular complexity index is 1420. The normalized spacial score (nSPS) is 13.1. The molecule has 3 aromatic heterocycles. The first kappa shape index (κ1) is 25.0. The Balaban J connectivity index is 1.81. The molecule has 13 heteroatoms. The van der Waals surface area contributed by atoms with Crippen molar-refractivity contribution in [1.82, 2.24) is 29.9 Å². The van der Waals surface area contributed by atoms with Crippen LogP contribution in [0.2, 0.25) is 0 Å². The molecule has 0 amide bonds. The van der Waals surface area contributed by atoms with Gasteiger partial charge in [-0.05, 0) is 50.2 Å². The highest BCUT2D eigenvalue weighted by molar-refractivity contribution is 7.93. The fourth-order valence-electron chi connectivity index (χ4n) is 3.49. The van der Waals surface area contributed by atoms with E-state index in [9.17, 15) is 13.5 Å². The van der Waals surface area contributed by atoms with Gasteiger partial charge in [0, 0.05) is 18.0 Å². The number of sulfonamides is 1. The Hall–Kier alpha value is -4.10. The maximum Gasteiger partial charge on any atom is 0.243 e. The largest absolute Gasteiger partial charge is 0.494 e. The van der Waals surface area contributed by atoms with Crippen molar-refractivity contribution < 1.29 is 23.0 Å². The van der Waals surface area contributed by atoms with E-state index in [1.54, 1.807) is 55.7 Å². The molecule has 0 spiro atoms. The molecule has 0 saturated heterocycles. The fourth-order valence-corrected chi connectivity index (χ4v) is 4.54. The maximum atomic E-state index is 13.3. The summed E-state index contributed by atoms with van der Waals surface area (Å²) in [4.78, 5) is 4.13. The third-order valence-corrected chi connectivity index (χ3v) is 7.20. The predicted molar refractivity (Wildman–Crippen MR) is 131 cm³/mol. The summed E-state index contributed by atoms with van der Waals surface area (Å²) in [7, 11) is -1.23. The number of anilines is 1. The van der Waals surface area contributed by atoms with Crippen molar-refractivity contribution in [2.24, 2.45) is 0 Å². The van der Waals surface area contributed by atoms with Crippen LogP contribution in [0.5, 0.6) is 11.5 Å². The van der Waals surface area contributed by atoms with Crippen LogP contribution in [-0.4, -0.2) is 62.9 Å². The molecule has 0 unspecified atom stereocenters. The minimum atomic E-state index is -4.20. The van der Waals surface area contributed by atoms with Crippen molar-refractivity contribution in [2.45, 2.75) is 25.2 Å². The van der Waals surface area contributed by atoms with E-state index >= 15 is 0 Å². The number of aryl methyl sites for hydroxylation is 1. The van der Waals surface area contributed by atoms with E-state index in [-0.39, 0.29) is 11.6 Å². The van der Waals surface area contributed by atoms with Crippen molar-refractivity contribution >= 4 is 16.0 Å². The number of benzene rings is 1. The summed E-state index contributed by atoms with van der Waals surface area (Å²) in [5, 5.41) is 25.5. The Morgan fingerprint density at radius 1 is 0.972 bits per heavy atom. The number of hydrogen-bond acceptors (Lipinski definition) is 10. The van der Waals surface area contributed by atoms with Gasteiger partial charge >= 0.3 is 0 Å². The second-order valence-corrected chi connectivity index (χ2v) is 9.87. The van der Waals surface area contributed by atoms with E-state index in [0.717, 1.165) is 0 Å². The average molecular weight is 512 g/mol. The van der Waals surface area contributed by atoms with Gasteiger partial charge in [-0.3, -0.25) is 14.3 Å². The third-order valence-electron chi connectivity index (χ3n) is 5.50. The highest BCUT2D eigenvalue weighted by Gasteiger charge is 2.33. The van der Waals surface area contributed by atoms with Crippen molar-refractivity contribution in [3.05, 3.63) is 66.2 Å². The number of rotatable bonds is 9. The van der Waals surface area contributed by atoms with Crippen molar-refractivity contribution in [2.75, 3.05) is 18.9 Å². The first-order valence-corrected chi connectivity index (χ1v) is 12.4. The van der Waals surface area contributed by atoms with Crippen LogP contribution in [0, 0.1) is 6.92 Å². The second-order valence-electron chi connectivity index (χ2n) is 7.83. The van der Waals surface area contributed by atoms with Gasteiger partial charge in [0.25, 0.3) is 0 Å². The highest BCUT2D eigenvalue weighted by atomic mass is 32.2. The number of aliphatic hydroxyl groups is 1. The summed E-state index contributed by atoms with van der Waals surface area (Å²) >= 11 is 0. The molecule has 0 fully saturated rings. The standard InChI is InChI=1S/C23H25N7O5S/c1-14-10-11-17(26-25-14)21(31)15(2)36(32,33)29-23-28-27-22(16-7-6-12-24-13-16)30(23)20-18(34-3)8-5-9-19(20)35-4/h5-13,15,21,31H,1-4H3,(H,28,29)/t15-,21-/m0/s1. The van der Waals surface area contributed by atoms with Crippen LogP contribution >= 0.6 is 0 Å². The number of methoxy groups -OCH3 is 2. The number of pyridine rings is 1. The number of ether oxygens (including phenoxy) is 2. The quantitative estimate of drug-likeness (QED) is 0.342. The van der Waals surface area contributed by atoms with Gasteiger partial charge < -0.3 is 14.6 Å². The Morgan fingerprint density at radius 2 is 1.69 bits per heavy atom. The summed E-state index contributed by atoms with van der Waals surface area (Å²) < 4.78 is 41.7. The Morgan fingerprint density at radius 3 is 2.28 bits per heavy atom. The second kappa shape index (κ2) is 10.3. The van der Waals surface area contributed by atoms with Crippen LogP contribution in [0.4, 0.5) is 5.95 Å². The third kappa shape index (κ3) is 4.83. The molecule has 0 saturated carbocycles. The minimum absolute atomic E-state index is 0.127. The number of aliphatic hydroxyl groups excluding tert-OH is 1. The molecule has 2 N–H and O–H groups in total. The number of nitrogens with one attached hydrogen (secondary N) is 1. The zero-order valence-electron chi connectivity index (χ0n) is 20.0. The van der Waals surface area contributed by atoms with Crippen molar-refractivity contribution in [3.8, 4) is 28.6 Å². The van der Waals surface area contributed by atoms with Gasteiger partial charge in [-0.15, -0.1) is 10.2 Å². The van der Waals surface area contributed by atoms with E-state index < -0.39 is 21.4 Å². The molecule has 188 valence electrons. The molecule has 1 aromatic carbocycles. The SMILES string of the molecule is COc1cccc(OC)c1-n1c(NS(=O)(=O)[C@@H](C)[C@H](O)c2ccc(C)nn2)nnc1-c1cccnc1. The Labute approximate surface area is 208 Å². The molecule has 4 rings (SSSR count). The van der Waals surface area contributed by atoms with Gasteiger partial charge in [0.05, 0.1) is 25.6 Å². The zero-order valence-corrected chi connectivity index (χ0v) is 20.8. The van der Waals surface area contributed by atoms with E-state index in [1.807, 2.05) is 0 Å². The molecule has 4 aromatic rings. The monoisotopic (exact) mass is 511 g/mol. The van der Waals surface area contributed by atoms with Gasteiger partial charge in [0.1, 0.15) is 28.5 Å². The molecule has 0 bridgehead atoms. The zero-order chi connectivity index (χ0) is 25.9. The number of para-hydroxylation sites is 1. The predicted octanol–water partition coefficient (Wildman–Crippen LogP) is 2.31. The van der Waals surface area contributed by atoms with E-state index in [0.29, 0.717) is 34.3 Å². The summed E-state index contributed by atoms with van der Waals surface area (Å²) in [6.45, 7) is 3.10. The molecule has 12 nitrogen and oxygen atoms in total. The maximum absolute atomic E-state index is 13.3. The van der Waals surface area contributed by atoms with Crippen molar-refractivity contribution in [3.63, 3.8) is 0 Å². The van der Waals surface area contributed by atoms with Gasteiger partial charge in [-0.25, -0.2) is 8.42 Å². The van der Waals surface area contributed by atoms with E-state index in [2.05, 4.69) is 30.1 Å². The van der Waals surface area contributed by atoms with Gasteiger partial charge in [-0.1, -0.05) is 6.07 Å². The first-order valence-electron chi connectivity index (χ1n) is 10.8. The van der Waals surface area contributed by atoms with Gasteiger partial charge in [0.15, 0.2) is 5.82 Å². The molecular weight excluding hydrogens is 486 g/mol. The van der Waals surface area contributed by atoms with Crippen LogP contribution < -0.4 is 14.2 Å². The molecule has 0 aliphatic carbocycles. The molecule has 0 aliphatic heterocycles. The fraction of sp³-hybridized carbons (Fsp3) is 0.261. The summed E-state index contributed by atoms with van der Waals surface area (Å²) in [5.74, 6) is 0.942.